The van der Waals surface area contributed by atoms with Crippen LogP contribution in [0, 0.1) is 0 Å². The SMILES string of the molecule is CCOc1cc(C(C)(C)C)c(Cl)cc1C1=NC(C)(c2ccc(Cl)cc2)C(C)(c2ccc(Cl)cc2)N1. The van der Waals surface area contributed by atoms with Gasteiger partial charge >= 0.3 is 0 Å². The van der Waals surface area contributed by atoms with E-state index in [-0.39, 0.29) is 5.41 Å². The number of halogens is 3. The molecular formula is C29H31Cl3N2O. The lowest BCUT2D eigenvalue weighted by atomic mass is 9.72. The molecule has 2 unspecified atom stereocenters. The Morgan fingerprint density at radius 3 is 1.91 bits per heavy atom. The number of ether oxygens (including phenoxy) is 1. The largest absolute Gasteiger partial charge is 0.493 e. The second-order valence-corrected chi connectivity index (χ2v) is 11.6. The van der Waals surface area contributed by atoms with Crippen LogP contribution in [0.15, 0.2) is 65.7 Å². The van der Waals surface area contributed by atoms with Gasteiger partial charge < -0.3 is 10.1 Å². The van der Waals surface area contributed by atoms with E-state index in [1.807, 2.05) is 67.6 Å². The summed E-state index contributed by atoms with van der Waals surface area (Å²) in [4.78, 5) is 5.31. The summed E-state index contributed by atoms with van der Waals surface area (Å²) in [6.45, 7) is 13.2. The van der Waals surface area contributed by atoms with Crippen molar-refractivity contribution in [2.24, 2.45) is 4.99 Å². The fraction of sp³-hybridized carbons (Fsp3) is 0.345. The molecule has 0 amide bonds. The summed E-state index contributed by atoms with van der Waals surface area (Å²) in [5.41, 5.74) is 2.61. The minimum atomic E-state index is -0.653. The third kappa shape index (κ3) is 4.67. The van der Waals surface area contributed by atoms with E-state index >= 15 is 0 Å². The van der Waals surface area contributed by atoms with Gasteiger partial charge in [0, 0.05) is 15.1 Å². The van der Waals surface area contributed by atoms with Gasteiger partial charge in [0.15, 0.2) is 0 Å². The molecule has 3 nitrogen and oxygen atoms in total. The van der Waals surface area contributed by atoms with Gasteiger partial charge in [-0.2, -0.15) is 0 Å². The fourth-order valence-electron chi connectivity index (χ4n) is 4.70. The highest BCUT2D eigenvalue weighted by Gasteiger charge is 2.52. The van der Waals surface area contributed by atoms with Crippen LogP contribution in [0.4, 0.5) is 0 Å². The van der Waals surface area contributed by atoms with Crippen LogP contribution >= 0.6 is 34.8 Å². The van der Waals surface area contributed by atoms with Crippen molar-refractivity contribution >= 4 is 40.6 Å². The highest BCUT2D eigenvalue weighted by Crippen LogP contribution is 2.48. The molecular weight excluding hydrogens is 499 g/mol. The van der Waals surface area contributed by atoms with Gasteiger partial charge in [0.2, 0.25) is 0 Å². The maximum Gasteiger partial charge on any atom is 0.133 e. The molecule has 1 heterocycles. The van der Waals surface area contributed by atoms with Gasteiger partial charge in [0.1, 0.15) is 17.1 Å². The van der Waals surface area contributed by atoms with E-state index in [1.165, 1.54) is 0 Å². The zero-order valence-electron chi connectivity index (χ0n) is 21.0. The topological polar surface area (TPSA) is 33.6 Å². The van der Waals surface area contributed by atoms with E-state index in [9.17, 15) is 0 Å². The maximum absolute atomic E-state index is 6.81. The number of benzene rings is 3. The first-order valence-electron chi connectivity index (χ1n) is 11.8. The van der Waals surface area contributed by atoms with Crippen LogP contribution < -0.4 is 10.1 Å². The minimum absolute atomic E-state index is 0.123. The zero-order chi connectivity index (χ0) is 25.6. The van der Waals surface area contributed by atoms with Gasteiger partial charge in [0.05, 0.1) is 17.7 Å². The Labute approximate surface area is 223 Å². The summed E-state index contributed by atoms with van der Waals surface area (Å²) >= 11 is 19.3. The van der Waals surface area contributed by atoms with E-state index in [4.69, 9.17) is 44.5 Å². The average Bonchev–Trinajstić information content (AvgIpc) is 3.07. The molecule has 1 N–H and O–H groups in total. The molecule has 0 radical (unpaired) electrons. The first-order chi connectivity index (χ1) is 16.4. The number of amidine groups is 1. The third-order valence-electron chi connectivity index (χ3n) is 6.94. The summed E-state index contributed by atoms with van der Waals surface area (Å²) < 4.78 is 6.11. The predicted molar refractivity (Wildman–Crippen MR) is 149 cm³/mol. The van der Waals surface area contributed by atoms with Crippen LogP contribution in [-0.4, -0.2) is 12.4 Å². The molecule has 2 atom stereocenters. The standard InChI is InChI=1S/C29H31Cl3N2O/c1-7-35-25-17-23(27(2,3)4)24(32)16-22(25)26-33-28(5,18-8-12-20(30)13-9-18)29(6,34-26)19-10-14-21(31)15-11-19/h8-17H,7H2,1-6H3,(H,33,34). The van der Waals surface area contributed by atoms with Crippen LogP contribution in [0.1, 0.15) is 63.8 Å². The third-order valence-corrected chi connectivity index (χ3v) is 7.75. The molecule has 0 bridgehead atoms. The molecule has 3 aromatic rings. The molecule has 4 rings (SSSR count). The van der Waals surface area contributed by atoms with Crippen molar-refractivity contribution in [3.8, 4) is 5.75 Å². The van der Waals surface area contributed by atoms with Crippen LogP contribution in [0.2, 0.25) is 15.1 Å². The lowest BCUT2D eigenvalue weighted by molar-refractivity contribution is 0.268. The Morgan fingerprint density at radius 1 is 0.857 bits per heavy atom. The Hall–Kier alpha value is -2.20. The predicted octanol–water partition coefficient (Wildman–Crippen LogP) is 8.52. The van der Waals surface area contributed by atoms with Crippen LogP contribution in [0.25, 0.3) is 0 Å². The number of nitrogens with one attached hydrogen (secondary N) is 1. The second kappa shape index (κ2) is 9.35. The molecule has 1 aliphatic heterocycles. The molecule has 0 aromatic heterocycles. The van der Waals surface area contributed by atoms with Crippen LogP contribution in [0.5, 0.6) is 5.75 Å². The van der Waals surface area contributed by atoms with Crippen molar-refractivity contribution in [1.82, 2.24) is 5.32 Å². The van der Waals surface area contributed by atoms with Crippen molar-refractivity contribution in [1.29, 1.82) is 0 Å². The quantitative estimate of drug-likeness (QED) is 0.359. The van der Waals surface area contributed by atoms with Gasteiger partial charge in [-0.3, -0.25) is 4.99 Å². The molecule has 184 valence electrons. The average molecular weight is 530 g/mol. The molecule has 35 heavy (non-hydrogen) atoms. The normalized spacial score (nSPS) is 22.0. The first kappa shape index (κ1) is 25.9. The van der Waals surface area contributed by atoms with E-state index < -0.39 is 11.1 Å². The number of hydrogen-bond acceptors (Lipinski definition) is 3. The second-order valence-electron chi connectivity index (χ2n) is 10.3. The Balaban J connectivity index is 1.93. The van der Waals surface area contributed by atoms with E-state index in [0.29, 0.717) is 21.7 Å². The molecule has 0 saturated carbocycles. The smallest absolute Gasteiger partial charge is 0.133 e. The summed E-state index contributed by atoms with van der Waals surface area (Å²) in [5, 5.41) is 5.80. The van der Waals surface area contributed by atoms with Gasteiger partial charge in [-0.15, -0.1) is 0 Å². The molecule has 0 fully saturated rings. The summed E-state index contributed by atoms with van der Waals surface area (Å²) in [5.74, 6) is 1.48. The van der Waals surface area contributed by atoms with Gasteiger partial charge in [-0.25, -0.2) is 0 Å². The first-order valence-corrected chi connectivity index (χ1v) is 12.9. The number of rotatable bonds is 5. The summed E-state index contributed by atoms with van der Waals surface area (Å²) in [6, 6.07) is 19.8. The van der Waals surface area contributed by atoms with Crippen molar-refractivity contribution in [3.05, 3.63) is 98.0 Å². The van der Waals surface area contributed by atoms with Crippen LogP contribution in [-0.2, 0) is 16.5 Å². The van der Waals surface area contributed by atoms with Crippen molar-refractivity contribution in [2.75, 3.05) is 6.61 Å². The lowest BCUT2D eigenvalue weighted by Crippen LogP contribution is -2.50. The monoisotopic (exact) mass is 528 g/mol. The van der Waals surface area contributed by atoms with Crippen LogP contribution in [0.3, 0.4) is 0 Å². The van der Waals surface area contributed by atoms with Gasteiger partial charge in [0.25, 0.3) is 0 Å². The lowest BCUT2D eigenvalue weighted by Gasteiger charge is -2.40. The molecule has 0 aliphatic carbocycles. The molecule has 3 aromatic carbocycles. The number of hydrogen-bond donors (Lipinski definition) is 1. The highest BCUT2D eigenvalue weighted by molar-refractivity contribution is 6.32. The molecule has 0 saturated heterocycles. The maximum atomic E-state index is 6.81. The summed E-state index contributed by atoms with van der Waals surface area (Å²) in [6.07, 6.45) is 0. The van der Waals surface area contributed by atoms with E-state index in [2.05, 4.69) is 39.9 Å². The van der Waals surface area contributed by atoms with E-state index in [0.717, 1.165) is 33.8 Å². The Kier molecular flexibility index (Phi) is 6.91. The Bertz CT molecular complexity index is 1260. The fourth-order valence-corrected chi connectivity index (χ4v) is 5.40. The molecule has 1 aliphatic rings. The van der Waals surface area contributed by atoms with Crippen molar-refractivity contribution in [3.63, 3.8) is 0 Å². The summed E-state index contributed by atoms with van der Waals surface area (Å²) in [7, 11) is 0. The van der Waals surface area contributed by atoms with Crippen molar-refractivity contribution < 1.29 is 4.74 Å². The van der Waals surface area contributed by atoms with Gasteiger partial charge in [-0.05, 0) is 79.3 Å². The van der Waals surface area contributed by atoms with Gasteiger partial charge in [-0.1, -0.05) is 79.8 Å². The number of aliphatic imine (C=N–C) groups is 1. The number of nitrogens with zero attached hydrogens (tertiary/aromatic N) is 1. The Morgan fingerprint density at radius 2 is 1.40 bits per heavy atom. The minimum Gasteiger partial charge on any atom is -0.493 e. The van der Waals surface area contributed by atoms with E-state index in [1.54, 1.807) is 0 Å². The molecule has 0 spiro atoms. The van der Waals surface area contributed by atoms with Crippen molar-refractivity contribution in [2.45, 2.75) is 58.0 Å². The molecule has 6 heteroatoms. The highest BCUT2D eigenvalue weighted by atomic mass is 35.5. The zero-order valence-corrected chi connectivity index (χ0v) is 23.2.